The number of hydrogen-bond acceptors (Lipinski definition) is 2. The van der Waals surface area contributed by atoms with Gasteiger partial charge in [0.25, 0.3) is 0 Å². The molecule has 5 heteroatoms. The van der Waals surface area contributed by atoms with Gasteiger partial charge >= 0.3 is 6.18 Å². The lowest BCUT2D eigenvalue weighted by atomic mass is 9.93. The number of hydrogen-bond donors (Lipinski definition) is 0. The Balaban J connectivity index is 1.18. The van der Waals surface area contributed by atoms with Gasteiger partial charge in [-0.05, 0) is 74.5 Å². The molecule has 0 aliphatic heterocycles. The zero-order chi connectivity index (χ0) is 28.0. The largest absolute Gasteiger partial charge is 0.436 e. The van der Waals surface area contributed by atoms with Crippen molar-refractivity contribution < 1.29 is 17.6 Å². The van der Waals surface area contributed by atoms with Gasteiger partial charge in [-0.25, -0.2) is 4.98 Å². The molecule has 41 heavy (non-hydrogen) atoms. The molecule has 7 rings (SSSR count). The minimum atomic E-state index is -4.34. The van der Waals surface area contributed by atoms with Crippen molar-refractivity contribution in [3.05, 3.63) is 139 Å². The van der Waals surface area contributed by atoms with Crippen LogP contribution in [0.3, 0.4) is 0 Å². The van der Waals surface area contributed by atoms with Crippen molar-refractivity contribution in [1.29, 1.82) is 0 Å². The molecule has 0 radical (unpaired) electrons. The first-order chi connectivity index (χ1) is 19.9. The summed E-state index contributed by atoms with van der Waals surface area (Å²) in [4.78, 5) is 4.71. The smallest absolute Gasteiger partial charge is 0.416 e. The second kappa shape index (κ2) is 9.79. The molecule has 0 spiro atoms. The molecule has 6 aromatic carbocycles. The molecule has 0 aliphatic carbocycles. The third kappa shape index (κ3) is 4.66. The third-order valence-corrected chi connectivity index (χ3v) is 7.41. The van der Waals surface area contributed by atoms with Crippen molar-refractivity contribution in [2.24, 2.45) is 0 Å². The Morgan fingerprint density at radius 1 is 0.463 bits per heavy atom. The van der Waals surface area contributed by atoms with Crippen LogP contribution >= 0.6 is 0 Å². The number of alkyl halides is 3. The number of nitrogens with zero attached hydrogens (tertiary/aromatic N) is 1. The highest BCUT2D eigenvalue weighted by Crippen LogP contribution is 2.37. The molecular weight excluding hydrogens is 519 g/mol. The van der Waals surface area contributed by atoms with Gasteiger partial charge in [0.15, 0.2) is 5.58 Å². The predicted octanol–water partition coefficient (Wildman–Crippen LogP) is 10.7. The number of halogens is 3. The van der Waals surface area contributed by atoms with E-state index < -0.39 is 11.7 Å². The van der Waals surface area contributed by atoms with Crippen LogP contribution in [-0.2, 0) is 6.18 Å². The van der Waals surface area contributed by atoms with Crippen molar-refractivity contribution in [1.82, 2.24) is 4.98 Å². The van der Waals surface area contributed by atoms with Crippen LogP contribution in [0.2, 0.25) is 0 Å². The van der Waals surface area contributed by atoms with Gasteiger partial charge < -0.3 is 4.42 Å². The van der Waals surface area contributed by atoms with E-state index >= 15 is 0 Å². The van der Waals surface area contributed by atoms with E-state index in [-0.39, 0.29) is 0 Å². The Morgan fingerprint density at radius 2 is 0.927 bits per heavy atom. The molecule has 198 valence electrons. The zero-order valence-electron chi connectivity index (χ0n) is 21.7. The van der Waals surface area contributed by atoms with Gasteiger partial charge in [-0.15, -0.1) is 0 Å². The van der Waals surface area contributed by atoms with Crippen LogP contribution in [0.25, 0.3) is 66.7 Å². The molecule has 0 saturated heterocycles. The molecular formula is C36H22F3NO. The summed E-state index contributed by atoms with van der Waals surface area (Å²) in [5.41, 5.74) is 7.80. The molecule has 2 nitrogen and oxygen atoms in total. The van der Waals surface area contributed by atoms with E-state index in [1.807, 2.05) is 60.7 Å². The van der Waals surface area contributed by atoms with Crippen LogP contribution in [0.1, 0.15) is 5.56 Å². The quantitative estimate of drug-likeness (QED) is 0.222. The number of fused-ring (bicyclic) bond motifs is 2. The highest BCUT2D eigenvalue weighted by Gasteiger charge is 2.30. The fourth-order valence-electron chi connectivity index (χ4n) is 5.27. The molecule has 0 N–H and O–H groups in total. The molecule has 0 atom stereocenters. The van der Waals surface area contributed by atoms with Crippen LogP contribution in [-0.4, -0.2) is 4.98 Å². The lowest BCUT2D eigenvalue weighted by Gasteiger charge is -2.11. The summed E-state index contributed by atoms with van der Waals surface area (Å²) >= 11 is 0. The summed E-state index contributed by atoms with van der Waals surface area (Å²) in [5, 5.41) is 2.18. The molecule has 1 aromatic heterocycles. The fraction of sp³-hybridized carbons (Fsp3) is 0.0278. The van der Waals surface area contributed by atoms with Crippen molar-refractivity contribution in [2.75, 3.05) is 0 Å². The van der Waals surface area contributed by atoms with Gasteiger partial charge in [0.05, 0.1) is 5.56 Å². The lowest BCUT2D eigenvalue weighted by molar-refractivity contribution is -0.137. The van der Waals surface area contributed by atoms with E-state index in [1.54, 1.807) is 0 Å². The second-order valence-corrected chi connectivity index (χ2v) is 9.92. The maximum atomic E-state index is 12.9. The van der Waals surface area contributed by atoms with E-state index in [0.717, 1.165) is 72.9 Å². The SMILES string of the molecule is FC(F)(F)c1ccc(-c2ccc(-c3ccc(-c4ccc(-c5nc6ccccc6o5)c5ccccc45)cc3)cc2)cc1. The van der Waals surface area contributed by atoms with Gasteiger partial charge in [-0.2, -0.15) is 13.2 Å². The lowest BCUT2D eigenvalue weighted by Crippen LogP contribution is -2.03. The van der Waals surface area contributed by atoms with Gasteiger partial charge in [0.1, 0.15) is 5.52 Å². The molecule has 7 aromatic rings. The van der Waals surface area contributed by atoms with Gasteiger partial charge in [0.2, 0.25) is 5.89 Å². The number of para-hydroxylation sites is 2. The summed E-state index contributed by atoms with van der Waals surface area (Å²) in [6.45, 7) is 0. The Kier molecular flexibility index (Phi) is 5.93. The molecule has 0 amide bonds. The topological polar surface area (TPSA) is 26.0 Å². The second-order valence-electron chi connectivity index (χ2n) is 9.92. The Bertz CT molecular complexity index is 1970. The van der Waals surface area contributed by atoms with Crippen LogP contribution in [0, 0.1) is 0 Å². The summed E-state index contributed by atoms with van der Waals surface area (Å²) in [6.07, 6.45) is -4.34. The van der Waals surface area contributed by atoms with Crippen LogP contribution in [0.15, 0.2) is 138 Å². The van der Waals surface area contributed by atoms with E-state index in [2.05, 4.69) is 48.5 Å². The van der Waals surface area contributed by atoms with Gasteiger partial charge in [-0.3, -0.25) is 0 Å². The maximum absolute atomic E-state index is 12.9. The average molecular weight is 542 g/mol. The molecule has 0 aliphatic rings. The van der Waals surface area contributed by atoms with E-state index in [4.69, 9.17) is 9.40 Å². The molecule has 1 heterocycles. The average Bonchev–Trinajstić information content (AvgIpc) is 3.45. The summed E-state index contributed by atoms with van der Waals surface area (Å²) < 4.78 is 44.8. The Labute approximate surface area is 234 Å². The molecule has 0 unspecified atom stereocenters. The molecule has 0 fully saturated rings. The van der Waals surface area contributed by atoms with Crippen molar-refractivity contribution >= 4 is 21.9 Å². The summed E-state index contributed by atoms with van der Waals surface area (Å²) in [5.74, 6) is 0.601. The van der Waals surface area contributed by atoms with E-state index in [0.29, 0.717) is 5.89 Å². The first-order valence-electron chi connectivity index (χ1n) is 13.2. The third-order valence-electron chi connectivity index (χ3n) is 7.41. The Morgan fingerprint density at radius 3 is 1.49 bits per heavy atom. The van der Waals surface area contributed by atoms with E-state index in [9.17, 15) is 13.2 Å². The highest BCUT2D eigenvalue weighted by atomic mass is 19.4. The Hall–Kier alpha value is -5.16. The van der Waals surface area contributed by atoms with Crippen LogP contribution < -0.4 is 0 Å². The number of benzene rings is 6. The monoisotopic (exact) mass is 541 g/mol. The number of aromatic nitrogens is 1. The van der Waals surface area contributed by atoms with Crippen LogP contribution in [0.4, 0.5) is 13.2 Å². The van der Waals surface area contributed by atoms with E-state index in [1.165, 1.54) is 12.1 Å². The molecule has 0 saturated carbocycles. The van der Waals surface area contributed by atoms with Crippen molar-refractivity contribution in [3.8, 4) is 44.8 Å². The first-order valence-corrected chi connectivity index (χ1v) is 13.2. The summed E-state index contributed by atoms with van der Waals surface area (Å²) in [6, 6.07) is 41.7. The fourth-order valence-corrected chi connectivity index (χ4v) is 5.27. The number of oxazole rings is 1. The van der Waals surface area contributed by atoms with Crippen molar-refractivity contribution in [3.63, 3.8) is 0 Å². The van der Waals surface area contributed by atoms with Crippen molar-refractivity contribution in [2.45, 2.75) is 6.18 Å². The first kappa shape index (κ1) is 24.9. The molecule has 0 bridgehead atoms. The summed E-state index contributed by atoms with van der Waals surface area (Å²) in [7, 11) is 0. The number of rotatable bonds is 4. The maximum Gasteiger partial charge on any atom is 0.416 e. The normalized spacial score (nSPS) is 11.8. The zero-order valence-corrected chi connectivity index (χ0v) is 21.7. The predicted molar refractivity (Wildman–Crippen MR) is 158 cm³/mol. The standard InChI is InChI=1S/C36H22F3NO/c37-36(38,39)28-19-17-26(18-20-28)24-11-9-23(10-12-24)25-13-15-27(16-14-25)29-21-22-32(31-6-2-1-5-30(29)31)35-40-33-7-3-4-8-34(33)41-35/h1-22H. The highest BCUT2D eigenvalue weighted by molar-refractivity contribution is 6.04. The minimum absolute atomic E-state index is 0.601. The van der Waals surface area contributed by atoms with Crippen LogP contribution in [0.5, 0.6) is 0 Å². The minimum Gasteiger partial charge on any atom is -0.436 e. The van der Waals surface area contributed by atoms with Gasteiger partial charge in [-0.1, -0.05) is 103 Å². The van der Waals surface area contributed by atoms with Gasteiger partial charge in [0, 0.05) is 5.56 Å².